The SMILES string of the molecule is CC1CC(=O)C(C(C)C)C(CC(O)CO)C1. The number of hydrogen-bond donors (Lipinski definition) is 2. The molecule has 0 aliphatic heterocycles. The molecule has 0 spiro atoms. The summed E-state index contributed by atoms with van der Waals surface area (Å²) in [6, 6.07) is 0. The summed E-state index contributed by atoms with van der Waals surface area (Å²) in [6.45, 7) is 6.02. The van der Waals surface area contributed by atoms with Crippen molar-refractivity contribution in [3.8, 4) is 0 Å². The van der Waals surface area contributed by atoms with Gasteiger partial charge in [-0.2, -0.15) is 0 Å². The molecule has 0 heterocycles. The van der Waals surface area contributed by atoms with Crippen molar-refractivity contribution in [1.29, 1.82) is 0 Å². The maximum absolute atomic E-state index is 12.0. The highest BCUT2D eigenvalue weighted by Crippen LogP contribution is 2.38. The average molecular weight is 228 g/mol. The second-order valence-electron chi connectivity index (χ2n) is 5.61. The van der Waals surface area contributed by atoms with Gasteiger partial charge in [0.2, 0.25) is 0 Å². The van der Waals surface area contributed by atoms with Crippen LogP contribution in [0.5, 0.6) is 0 Å². The molecule has 0 aromatic heterocycles. The largest absolute Gasteiger partial charge is 0.394 e. The van der Waals surface area contributed by atoms with Gasteiger partial charge in [-0.1, -0.05) is 20.8 Å². The summed E-state index contributed by atoms with van der Waals surface area (Å²) in [5.41, 5.74) is 0. The number of hydrogen-bond acceptors (Lipinski definition) is 3. The Morgan fingerprint density at radius 2 is 2.06 bits per heavy atom. The first-order chi connectivity index (χ1) is 7.45. The van der Waals surface area contributed by atoms with Gasteiger partial charge < -0.3 is 10.2 Å². The Morgan fingerprint density at radius 1 is 1.44 bits per heavy atom. The highest BCUT2D eigenvalue weighted by atomic mass is 16.3. The molecule has 0 aromatic carbocycles. The van der Waals surface area contributed by atoms with E-state index in [1.807, 2.05) is 0 Å². The van der Waals surface area contributed by atoms with Gasteiger partial charge >= 0.3 is 0 Å². The molecule has 1 saturated carbocycles. The summed E-state index contributed by atoms with van der Waals surface area (Å²) < 4.78 is 0. The van der Waals surface area contributed by atoms with Gasteiger partial charge in [0.1, 0.15) is 5.78 Å². The van der Waals surface area contributed by atoms with Crippen molar-refractivity contribution in [3.05, 3.63) is 0 Å². The number of aliphatic hydroxyl groups is 2. The predicted octanol–water partition coefficient (Wildman–Crippen LogP) is 1.62. The normalized spacial score (nSPS) is 33.1. The van der Waals surface area contributed by atoms with E-state index in [1.54, 1.807) is 0 Å². The molecule has 0 radical (unpaired) electrons. The minimum absolute atomic E-state index is 0.0670. The van der Waals surface area contributed by atoms with Gasteiger partial charge in [0, 0.05) is 12.3 Å². The third kappa shape index (κ3) is 3.29. The highest BCUT2D eigenvalue weighted by Gasteiger charge is 2.37. The lowest BCUT2D eigenvalue weighted by atomic mass is 9.67. The minimum atomic E-state index is -0.677. The van der Waals surface area contributed by atoms with Gasteiger partial charge in [-0.15, -0.1) is 0 Å². The predicted molar refractivity (Wildman–Crippen MR) is 62.9 cm³/mol. The molecule has 0 amide bonds. The zero-order valence-corrected chi connectivity index (χ0v) is 10.5. The topological polar surface area (TPSA) is 57.5 Å². The lowest BCUT2D eigenvalue weighted by Crippen LogP contribution is -2.37. The molecule has 4 atom stereocenters. The molecular formula is C13H24O3. The fourth-order valence-corrected chi connectivity index (χ4v) is 3.07. The third-order valence-corrected chi connectivity index (χ3v) is 3.64. The minimum Gasteiger partial charge on any atom is -0.394 e. The Balaban J connectivity index is 2.71. The first-order valence-electron chi connectivity index (χ1n) is 6.27. The zero-order chi connectivity index (χ0) is 12.3. The Hall–Kier alpha value is -0.410. The lowest BCUT2D eigenvalue weighted by Gasteiger charge is -2.37. The fourth-order valence-electron chi connectivity index (χ4n) is 3.07. The standard InChI is InChI=1S/C13H24O3/c1-8(2)13-10(6-11(15)7-14)4-9(3)5-12(13)16/h8-11,13-15H,4-7H2,1-3H3. The van der Waals surface area contributed by atoms with E-state index in [0.29, 0.717) is 30.5 Å². The van der Waals surface area contributed by atoms with Crippen LogP contribution in [0.1, 0.15) is 40.0 Å². The second-order valence-corrected chi connectivity index (χ2v) is 5.61. The molecule has 94 valence electrons. The number of ketones is 1. The summed E-state index contributed by atoms with van der Waals surface area (Å²) in [6.07, 6.45) is 1.54. The average Bonchev–Trinajstić information content (AvgIpc) is 2.15. The van der Waals surface area contributed by atoms with E-state index >= 15 is 0 Å². The van der Waals surface area contributed by atoms with E-state index < -0.39 is 6.10 Å². The zero-order valence-electron chi connectivity index (χ0n) is 10.5. The van der Waals surface area contributed by atoms with E-state index in [0.717, 1.165) is 6.42 Å². The summed E-state index contributed by atoms with van der Waals surface area (Å²) >= 11 is 0. The van der Waals surface area contributed by atoms with Crippen molar-refractivity contribution in [2.45, 2.75) is 46.1 Å². The Morgan fingerprint density at radius 3 is 2.56 bits per heavy atom. The fraction of sp³-hybridized carbons (Fsp3) is 0.923. The molecule has 16 heavy (non-hydrogen) atoms. The summed E-state index contributed by atoms with van der Waals surface area (Å²) in [5.74, 6) is 1.38. The number of aliphatic hydroxyl groups excluding tert-OH is 2. The molecule has 2 N–H and O–H groups in total. The molecule has 3 heteroatoms. The van der Waals surface area contributed by atoms with Crippen molar-refractivity contribution in [1.82, 2.24) is 0 Å². The summed E-state index contributed by atoms with van der Waals surface area (Å²) in [4.78, 5) is 12.0. The first-order valence-corrected chi connectivity index (χ1v) is 6.27. The van der Waals surface area contributed by atoms with Crippen molar-refractivity contribution in [2.75, 3.05) is 6.61 Å². The lowest BCUT2D eigenvalue weighted by molar-refractivity contribution is -0.131. The van der Waals surface area contributed by atoms with Gasteiger partial charge in [0.05, 0.1) is 12.7 Å². The van der Waals surface area contributed by atoms with Crippen LogP contribution < -0.4 is 0 Å². The smallest absolute Gasteiger partial charge is 0.136 e. The van der Waals surface area contributed by atoms with Crippen LogP contribution in [0.15, 0.2) is 0 Å². The van der Waals surface area contributed by atoms with Crippen LogP contribution in [-0.2, 0) is 4.79 Å². The third-order valence-electron chi connectivity index (χ3n) is 3.64. The van der Waals surface area contributed by atoms with E-state index in [-0.39, 0.29) is 18.4 Å². The van der Waals surface area contributed by atoms with Crippen molar-refractivity contribution >= 4 is 5.78 Å². The second kappa shape index (κ2) is 5.78. The summed E-state index contributed by atoms with van der Waals surface area (Å²) in [7, 11) is 0. The Kier molecular flexibility index (Phi) is 4.93. The first kappa shape index (κ1) is 13.7. The molecular weight excluding hydrogens is 204 g/mol. The van der Waals surface area contributed by atoms with Crippen LogP contribution in [0.25, 0.3) is 0 Å². The van der Waals surface area contributed by atoms with E-state index in [4.69, 9.17) is 5.11 Å². The van der Waals surface area contributed by atoms with Crippen LogP contribution in [0, 0.1) is 23.7 Å². The van der Waals surface area contributed by atoms with Crippen LogP contribution in [0.2, 0.25) is 0 Å². The highest BCUT2D eigenvalue weighted by molar-refractivity contribution is 5.82. The van der Waals surface area contributed by atoms with Gasteiger partial charge in [0.25, 0.3) is 0 Å². The number of carbonyl (C=O) groups excluding carboxylic acids is 1. The number of carbonyl (C=O) groups is 1. The quantitative estimate of drug-likeness (QED) is 0.768. The molecule has 1 aliphatic rings. The van der Waals surface area contributed by atoms with E-state index in [2.05, 4.69) is 20.8 Å². The van der Waals surface area contributed by atoms with Crippen LogP contribution in [-0.4, -0.2) is 28.7 Å². The Bertz CT molecular complexity index is 237. The molecule has 1 aliphatic carbocycles. The van der Waals surface area contributed by atoms with Gasteiger partial charge in [-0.3, -0.25) is 4.79 Å². The van der Waals surface area contributed by atoms with Crippen LogP contribution in [0.4, 0.5) is 0 Å². The van der Waals surface area contributed by atoms with Crippen molar-refractivity contribution < 1.29 is 15.0 Å². The number of rotatable bonds is 4. The molecule has 0 aromatic rings. The van der Waals surface area contributed by atoms with E-state index in [1.165, 1.54) is 0 Å². The van der Waals surface area contributed by atoms with Crippen molar-refractivity contribution in [2.24, 2.45) is 23.7 Å². The molecule has 1 rings (SSSR count). The van der Waals surface area contributed by atoms with Gasteiger partial charge in [-0.05, 0) is 30.6 Å². The van der Waals surface area contributed by atoms with Crippen LogP contribution in [0.3, 0.4) is 0 Å². The molecule has 4 unspecified atom stereocenters. The molecule has 0 saturated heterocycles. The molecule has 3 nitrogen and oxygen atoms in total. The monoisotopic (exact) mass is 228 g/mol. The maximum Gasteiger partial charge on any atom is 0.136 e. The van der Waals surface area contributed by atoms with Gasteiger partial charge in [-0.25, -0.2) is 0 Å². The van der Waals surface area contributed by atoms with Crippen molar-refractivity contribution in [3.63, 3.8) is 0 Å². The molecule has 1 fully saturated rings. The number of Topliss-reactive ketones (excluding diaryl/α,β-unsaturated/α-hetero) is 1. The summed E-state index contributed by atoms with van der Waals surface area (Å²) in [5, 5.41) is 18.4. The van der Waals surface area contributed by atoms with E-state index in [9.17, 15) is 9.90 Å². The van der Waals surface area contributed by atoms with Crippen LogP contribution >= 0.6 is 0 Å². The Labute approximate surface area is 97.9 Å². The molecule has 0 bridgehead atoms. The maximum atomic E-state index is 12.0. The van der Waals surface area contributed by atoms with Gasteiger partial charge in [0.15, 0.2) is 0 Å².